The maximum atomic E-state index is 11.0. The molecule has 0 aliphatic carbocycles. The Morgan fingerprint density at radius 3 is 2.26 bits per heavy atom. The molecule has 2 rings (SSSR count). The van der Waals surface area contributed by atoms with Crippen LogP contribution in [0, 0.1) is 12.8 Å². The minimum atomic E-state index is -0.308. The molecule has 0 atom stereocenters. The number of methoxy groups -OCH3 is 1. The van der Waals surface area contributed by atoms with Crippen LogP contribution in [0.2, 0.25) is 0 Å². The maximum absolute atomic E-state index is 11.0. The first kappa shape index (κ1) is 17.1. The molecule has 0 spiro atoms. The van der Waals surface area contributed by atoms with E-state index in [0.717, 1.165) is 28.9 Å². The van der Waals surface area contributed by atoms with Crippen LogP contribution >= 0.6 is 0 Å². The van der Waals surface area contributed by atoms with Crippen LogP contribution in [0.5, 0.6) is 11.5 Å². The third-order valence-electron chi connectivity index (χ3n) is 3.63. The number of rotatable bonds is 5. The lowest BCUT2D eigenvalue weighted by molar-refractivity contribution is -0.131. The van der Waals surface area contributed by atoms with Crippen molar-refractivity contribution < 1.29 is 14.3 Å². The Bertz CT molecular complexity index is 685. The van der Waals surface area contributed by atoms with Crippen molar-refractivity contribution in [1.82, 2.24) is 0 Å². The van der Waals surface area contributed by atoms with Crippen LogP contribution in [-0.4, -0.2) is 13.1 Å². The molecule has 0 fully saturated rings. The molecule has 0 bridgehead atoms. The fourth-order valence-corrected chi connectivity index (χ4v) is 2.78. The zero-order valence-electron chi connectivity index (χ0n) is 14.5. The van der Waals surface area contributed by atoms with Crippen molar-refractivity contribution >= 4 is 5.97 Å². The molecule has 0 unspecified atom stereocenters. The Labute approximate surface area is 138 Å². The fraction of sp³-hybridized carbons (Fsp3) is 0.350. The van der Waals surface area contributed by atoms with Gasteiger partial charge in [0, 0.05) is 6.92 Å². The second kappa shape index (κ2) is 7.32. The molecule has 0 aliphatic heterocycles. The van der Waals surface area contributed by atoms with Gasteiger partial charge in [0.15, 0.2) is 0 Å². The summed E-state index contributed by atoms with van der Waals surface area (Å²) >= 11 is 0. The summed E-state index contributed by atoms with van der Waals surface area (Å²) in [5.41, 5.74) is 4.59. The van der Waals surface area contributed by atoms with Crippen molar-refractivity contribution in [3.05, 3.63) is 47.5 Å². The molecule has 2 aromatic carbocycles. The van der Waals surface area contributed by atoms with Crippen molar-refractivity contribution in [1.29, 1.82) is 0 Å². The van der Waals surface area contributed by atoms with Gasteiger partial charge in [-0.05, 0) is 65.8 Å². The van der Waals surface area contributed by atoms with Gasteiger partial charge in [-0.1, -0.05) is 26.0 Å². The average Bonchev–Trinajstić information content (AvgIpc) is 2.46. The lowest BCUT2D eigenvalue weighted by Gasteiger charge is -2.16. The smallest absolute Gasteiger partial charge is 0.308 e. The molecule has 0 aromatic heterocycles. The van der Waals surface area contributed by atoms with E-state index in [0.29, 0.717) is 11.7 Å². The topological polar surface area (TPSA) is 35.5 Å². The summed E-state index contributed by atoms with van der Waals surface area (Å²) in [6, 6.07) is 11.9. The van der Waals surface area contributed by atoms with E-state index < -0.39 is 0 Å². The largest absolute Gasteiger partial charge is 0.496 e. The van der Waals surface area contributed by atoms with Gasteiger partial charge in [0.05, 0.1) is 7.11 Å². The van der Waals surface area contributed by atoms with Crippen LogP contribution in [0.15, 0.2) is 36.4 Å². The molecule has 0 saturated heterocycles. The van der Waals surface area contributed by atoms with Gasteiger partial charge in [0.25, 0.3) is 0 Å². The quantitative estimate of drug-likeness (QED) is 0.588. The van der Waals surface area contributed by atoms with E-state index >= 15 is 0 Å². The molecule has 0 radical (unpaired) electrons. The zero-order chi connectivity index (χ0) is 17.0. The molecule has 2 aromatic rings. The van der Waals surface area contributed by atoms with E-state index in [1.54, 1.807) is 7.11 Å². The van der Waals surface area contributed by atoms with Gasteiger partial charge >= 0.3 is 5.97 Å². The summed E-state index contributed by atoms with van der Waals surface area (Å²) in [5.74, 6) is 1.79. The highest BCUT2D eigenvalue weighted by molar-refractivity contribution is 5.71. The van der Waals surface area contributed by atoms with Crippen molar-refractivity contribution in [3.8, 4) is 22.6 Å². The molecular weight excluding hydrogens is 288 g/mol. The monoisotopic (exact) mass is 312 g/mol. The number of hydrogen-bond acceptors (Lipinski definition) is 3. The van der Waals surface area contributed by atoms with Crippen molar-refractivity contribution in [3.63, 3.8) is 0 Å². The van der Waals surface area contributed by atoms with Gasteiger partial charge in [-0.25, -0.2) is 0 Å². The lowest BCUT2D eigenvalue weighted by Crippen LogP contribution is -2.01. The number of carbonyl (C=O) groups is 1. The summed E-state index contributed by atoms with van der Waals surface area (Å²) in [4.78, 5) is 11.0. The lowest BCUT2D eigenvalue weighted by atomic mass is 9.94. The average molecular weight is 312 g/mol. The number of carbonyl (C=O) groups excluding carboxylic acids is 1. The van der Waals surface area contributed by atoms with E-state index in [1.165, 1.54) is 12.5 Å². The predicted molar refractivity (Wildman–Crippen MR) is 93.0 cm³/mol. The number of aryl methyl sites for hydroxylation is 1. The van der Waals surface area contributed by atoms with Gasteiger partial charge in [-0.2, -0.15) is 0 Å². The van der Waals surface area contributed by atoms with E-state index in [2.05, 4.69) is 32.9 Å². The number of hydrogen-bond donors (Lipinski definition) is 0. The van der Waals surface area contributed by atoms with E-state index in [-0.39, 0.29) is 5.97 Å². The molecule has 0 heterocycles. The van der Waals surface area contributed by atoms with E-state index in [4.69, 9.17) is 9.47 Å². The van der Waals surface area contributed by atoms with Crippen LogP contribution in [-0.2, 0) is 11.2 Å². The van der Waals surface area contributed by atoms with Crippen LogP contribution in [0.1, 0.15) is 31.9 Å². The molecule has 0 aliphatic rings. The normalized spacial score (nSPS) is 10.7. The van der Waals surface area contributed by atoms with Gasteiger partial charge in [-0.15, -0.1) is 0 Å². The van der Waals surface area contributed by atoms with Gasteiger partial charge < -0.3 is 9.47 Å². The Morgan fingerprint density at radius 1 is 1.09 bits per heavy atom. The summed E-state index contributed by atoms with van der Waals surface area (Å²) in [7, 11) is 1.72. The molecule has 122 valence electrons. The van der Waals surface area contributed by atoms with Gasteiger partial charge in [0.1, 0.15) is 11.5 Å². The third-order valence-corrected chi connectivity index (χ3v) is 3.63. The first-order chi connectivity index (χ1) is 10.9. The highest BCUT2D eigenvalue weighted by atomic mass is 16.5. The van der Waals surface area contributed by atoms with E-state index in [9.17, 15) is 4.79 Å². The minimum absolute atomic E-state index is 0.308. The maximum Gasteiger partial charge on any atom is 0.308 e. The first-order valence-corrected chi connectivity index (χ1v) is 7.87. The molecule has 0 N–H and O–H groups in total. The van der Waals surface area contributed by atoms with Gasteiger partial charge in [0.2, 0.25) is 0 Å². The Morgan fingerprint density at radius 2 is 1.74 bits per heavy atom. The minimum Gasteiger partial charge on any atom is -0.496 e. The van der Waals surface area contributed by atoms with Crippen LogP contribution in [0.25, 0.3) is 11.1 Å². The van der Waals surface area contributed by atoms with E-state index in [1.807, 2.05) is 24.3 Å². The number of ether oxygens (including phenoxy) is 2. The number of benzene rings is 2. The van der Waals surface area contributed by atoms with Crippen LogP contribution in [0.4, 0.5) is 0 Å². The van der Waals surface area contributed by atoms with Crippen LogP contribution < -0.4 is 9.47 Å². The zero-order valence-corrected chi connectivity index (χ0v) is 14.5. The standard InChI is InChI=1S/C20H24O3/c1-13(2)10-18-12-17(11-14(3)20(18)22-5)16-6-8-19(9-7-16)23-15(4)21/h6-9,11-13H,10H2,1-5H3. The molecule has 3 heteroatoms. The SMILES string of the molecule is COc1c(C)cc(-c2ccc(OC(C)=O)cc2)cc1CC(C)C. The molecule has 0 amide bonds. The van der Waals surface area contributed by atoms with Crippen molar-refractivity contribution in [2.75, 3.05) is 7.11 Å². The summed E-state index contributed by atoms with van der Waals surface area (Å²) in [6.45, 7) is 7.88. The predicted octanol–water partition coefficient (Wildman–Crippen LogP) is 4.79. The summed E-state index contributed by atoms with van der Waals surface area (Å²) in [6.07, 6.45) is 0.976. The Kier molecular flexibility index (Phi) is 5.43. The first-order valence-electron chi connectivity index (χ1n) is 7.87. The molecule has 23 heavy (non-hydrogen) atoms. The Hall–Kier alpha value is -2.29. The molecule has 0 saturated carbocycles. The number of esters is 1. The van der Waals surface area contributed by atoms with Crippen LogP contribution in [0.3, 0.4) is 0 Å². The highest BCUT2D eigenvalue weighted by Crippen LogP contribution is 2.32. The summed E-state index contributed by atoms with van der Waals surface area (Å²) in [5, 5.41) is 0. The fourth-order valence-electron chi connectivity index (χ4n) is 2.78. The molecule has 3 nitrogen and oxygen atoms in total. The Balaban J connectivity index is 2.39. The highest BCUT2D eigenvalue weighted by Gasteiger charge is 2.11. The van der Waals surface area contributed by atoms with Crippen molar-refractivity contribution in [2.45, 2.75) is 34.1 Å². The third kappa shape index (κ3) is 4.35. The van der Waals surface area contributed by atoms with Gasteiger partial charge in [-0.3, -0.25) is 4.79 Å². The van der Waals surface area contributed by atoms with Crippen molar-refractivity contribution in [2.24, 2.45) is 5.92 Å². The second-order valence-corrected chi connectivity index (χ2v) is 6.20. The summed E-state index contributed by atoms with van der Waals surface area (Å²) < 4.78 is 10.7. The second-order valence-electron chi connectivity index (χ2n) is 6.20. The molecular formula is C20H24O3.